The van der Waals surface area contributed by atoms with Gasteiger partial charge in [0.2, 0.25) is 0 Å². The van der Waals surface area contributed by atoms with Crippen LogP contribution in [-0.4, -0.2) is 16.5 Å². The summed E-state index contributed by atoms with van der Waals surface area (Å²) in [5, 5.41) is 3.35. The number of aromatic nitrogens is 2. The third-order valence-corrected chi connectivity index (χ3v) is 4.20. The molecule has 1 aromatic carbocycles. The van der Waals surface area contributed by atoms with Crippen molar-refractivity contribution in [1.82, 2.24) is 9.97 Å². The molecule has 0 bridgehead atoms. The van der Waals surface area contributed by atoms with Crippen LogP contribution in [0.15, 0.2) is 24.3 Å². The SMILES string of the molecule is CCNc1nc(-c2cccc(C)c2)nc(C(C)(C)C)c1I. The first-order valence-corrected chi connectivity index (χ1v) is 8.29. The van der Waals surface area contributed by atoms with Gasteiger partial charge in [-0.25, -0.2) is 9.97 Å². The number of hydrogen-bond donors (Lipinski definition) is 1. The standard InChI is InChI=1S/C17H22IN3/c1-6-19-16-13(18)14(17(3,4)5)20-15(21-16)12-9-7-8-11(2)10-12/h7-10H,6H2,1-5H3,(H,19,20,21). The molecule has 1 aromatic heterocycles. The molecule has 2 aromatic rings. The van der Waals surface area contributed by atoms with Gasteiger partial charge >= 0.3 is 0 Å². The minimum Gasteiger partial charge on any atom is -0.369 e. The molecular formula is C17H22IN3. The Kier molecular flexibility index (Phi) is 4.86. The molecule has 3 nitrogen and oxygen atoms in total. The van der Waals surface area contributed by atoms with Crippen LogP contribution in [0, 0.1) is 10.5 Å². The molecule has 0 radical (unpaired) electrons. The Labute approximate surface area is 140 Å². The van der Waals surface area contributed by atoms with Gasteiger partial charge in [-0.15, -0.1) is 0 Å². The average Bonchev–Trinajstić information content (AvgIpc) is 2.40. The van der Waals surface area contributed by atoms with Gasteiger partial charge in [0.15, 0.2) is 5.82 Å². The number of rotatable bonds is 3. The Morgan fingerprint density at radius 1 is 1.19 bits per heavy atom. The fraction of sp³-hybridized carbons (Fsp3) is 0.412. The lowest BCUT2D eigenvalue weighted by Crippen LogP contribution is -2.19. The van der Waals surface area contributed by atoms with Crippen molar-refractivity contribution in [1.29, 1.82) is 0 Å². The molecule has 0 aliphatic rings. The summed E-state index contributed by atoms with van der Waals surface area (Å²) in [4.78, 5) is 9.56. The van der Waals surface area contributed by atoms with Crippen molar-refractivity contribution in [3.8, 4) is 11.4 Å². The largest absolute Gasteiger partial charge is 0.369 e. The van der Waals surface area contributed by atoms with Crippen LogP contribution in [0.5, 0.6) is 0 Å². The quantitative estimate of drug-likeness (QED) is 0.760. The van der Waals surface area contributed by atoms with Crippen molar-refractivity contribution < 1.29 is 0 Å². The number of nitrogens with zero attached hydrogens (tertiary/aromatic N) is 2. The zero-order valence-corrected chi connectivity index (χ0v) is 15.4. The maximum Gasteiger partial charge on any atom is 0.161 e. The van der Waals surface area contributed by atoms with E-state index in [2.05, 4.69) is 86.8 Å². The molecule has 0 spiro atoms. The summed E-state index contributed by atoms with van der Waals surface area (Å²) in [5.74, 6) is 1.72. The van der Waals surface area contributed by atoms with E-state index in [1.165, 1.54) is 5.56 Å². The van der Waals surface area contributed by atoms with Crippen molar-refractivity contribution in [2.45, 2.75) is 40.0 Å². The van der Waals surface area contributed by atoms with Gasteiger partial charge in [0.25, 0.3) is 0 Å². The molecule has 0 saturated carbocycles. The van der Waals surface area contributed by atoms with E-state index in [-0.39, 0.29) is 5.41 Å². The summed E-state index contributed by atoms with van der Waals surface area (Å²) in [7, 11) is 0. The first-order chi connectivity index (χ1) is 9.82. The summed E-state index contributed by atoms with van der Waals surface area (Å²) in [6.07, 6.45) is 0. The second-order valence-electron chi connectivity index (χ2n) is 6.21. The van der Waals surface area contributed by atoms with Crippen LogP contribution in [0.1, 0.15) is 39.0 Å². The van der Waals surface area contributed by atoms with Crippen molar-refractivity contribution in [2.75, 3.05) is 11.9 Å². The Hall–Kier alpha value is -1.17. The molecule has 2 rings (SSSR count). The topological polar surface area (TPSA) is 37.8 Å². The van der Waals surface area contributed by atoms with Gasteiger partial charge in [0.05, 0.1) is 9.26 Å². The highest BCUT2D eigenvalue weighted by Crippen LogP contribution is 2.31. The van der Waals surface area contributed by atoms with Gasteiger partial charge in [-0.05, 0) is 42.5 Å². The number of nitrogens with one attached hydrogen (secondary N) is 1. The number of halogens is 1. The van der Waals surface area contributed by atoms with Crippen LogP contribution in [0.25, 0.3) is 11.4 Å². The van der Waals surface area contributed by atoms with Gasteiger partial charge < -0.3 is 5.32 Å². The van der Waals surface area contributed by atoms with E-state index in [0.717, 1.165) is 33.0 Å². The Morgan fingerprint density at radius 2 is 1.90 bits per heavy atom. The van der Waals surface area contributed by atoms with Gasteiger partial charge in [0, 0.05) is 17.5 Å². The van der Waals surface area contributed by atoms with E-state index in [4.69, 9.17) is 9.97 Å². The van der Waals surface area contributed by atoms with E-state index in [0.29, 0.717) is 0 Å². The van der Waals surface area contributed by atoms with Crippen LogP contribution in [0.3, 0.4) is 0 Å². The fourth-order valence-electron chi connectivity index (χ4n) is 2.14. The highest BCUT2D eigenvalue weighted by Gasteiger charge is 2.23. The summed E-state index contributed by atoms with van der Waals surface area (Å²) < 4.78 is 1.11. The normalized spacial score (nSPS) is 11.5. The van der Waals surface area contributed by atoms with Gasteiger partial charge in [-0.3, -0.25) is 0 Å². The van der Waals surface area contributed by atoms with E-state index in [9.17, 15) is 0 Å². The smallest absolute Gasteiger partial charge is 0.161 e. The molecule has 4 heteroatoms. The van der Waals surface area contributed by atoms with Crippen LogP contribution in [0.2, 0.25) is 0 Å². The van der Waals surface area contributed by atoms with Crippen molar-refractivity contribution in [3.63, 3.8) is 0 Å². The molecule has 1 N–H and O–H groups in total. The first-order valence-electron chi connectivity index (χ1n) is 7.22. The van der Waals surface area contributed by atoms with Crippen molar-refractivity contribution in [2.24, 2.45) is 0 Å². The van der Waals surface area contributed by atoms with E-state index in [1.54, 1.807) is 0 Å². The molecule has 0 amide bonds. The molecule has 21 heavy (non-hydrogen) atoms. The lowest BCUT2D eigenvalue weighted by Gasteiger charge is -2.22. The fourth-order valence-corrected chi connectivity index (χ4v) is 3.38. The van der Waals surface area contributed by atoms with E-state index >= 15 is 0 Å². The molecule has 0 aliphatic heterocycles. The Morgan fingerprint density at radius 3 is 2.48 bits per heavy atom. The monoisotopic (exact) mass is 395 g/mol. The second-order valence-corrected chi connectivity index (χ2v) is 7.29. The average molecular weight is 395 g/mol. The number of anilines is 1. The third kappa shape index (κ3) is 3.73. The molecule has 0 atom stereocenters. The first kappa shape index (κ1) is 16.2. The van der Waals surface area contributed by atoms with Crippen LogP contribution >= 0.6 is 22.6 Å². The summed E-state index contributed by atoms with van der Waals surface area (Å²) in [5.41, 5.74) is 3.36. The van der Waals surface area contributed by atoms with Crippen LogP contribution in [0.4, 0.5) is 5.82 Å². The number of aryl methyl sites for hydroxylation is 1. The third-order valence-electron chi connectivity index (χ3n) is 3.18. The van der Waals surface area contributed by atoms with Crippen LogP contribution in [-0.2, 0) is 5.41 Å². The summed E-state index contributed by atoms with van der Waals surface area (Å²) >= 11 is 2.34. The Balaban J connectivity index is 2.64. The predicted molar refractivity (Wildman–Crippen MR) is 97.8 cm³/mol. The number of hydrogen-bond acceptors (Lipinski definition) is 3. The minimum absolute atomic E-state index is 0.0117. The van der Waals surface area contributed by atoms with E-state index in [1.807, 2.05) is 0 Å². The van der Waals surface area contributed by atoms with Crippen molar-refractivity contribution >= 4 is 28.4 Å². The molecule has 0 saturated heterocycles. The van der Waals surface area contributed by atoms with Gasteiger partial charge in [0.1, 0.15) is 5.82 Å². The molecular weight excluding hydrogens is 373 g/mol. The Bertz CT molecular complexity index is 645. The van der Waals surface area contributed by atoms with Gasteiger partial charge in [-0.2, -0.15) is 0 Å². The maximum absolute atomic E-state index is 4.84. The maximum atomic E-state index is 4.84. The lowest BCUT2D eigenvalue weighted by molar-refractivity contribution is 0.564. The zero-order chi connectivity index (χ0) is 15.6. The second kappa shape index (κ2) is 6.30. The molecule has 0 fully saturated rings. The minimum atomic E-state index is -0.0117. The van der Waals surface area contributed by atoms with Crippen molar-refractivity contribution in [3.05, 3.63) is 39.1 Å². The van der Waals surface area contributed by atoms with Crippen LogP contribution < -0.4 is 5.32 Å². The molecule has 112 valence electrons. The summed E-state index contributed by atoms with van der Waals surface area (Å²) in [6.45, 7) is 11.6. The molecule has 0 aliphatic carbocycles. The highest BCUT2D eigenvalue weighted by atomic mass is 127. The van der Waals surface area contributed by atoms with Gasteiger partial charge in [-0.1, -0.05) is 44.5 Å². The van der Waals surface area contributed by atoms with E-state index < -0.39 is 0 Å². The molecule has 1 heterocycles. The molecule has 0 unspecified atom stereocenters. The summed E-state index contributed by atoms with van der Waals surface area (Å²) in [6, 6.07) is 8.34. The lowest BCUT2D eigenvalue weighted by atomic mass is 9.91. The highest BCUT2D eigenvalue weighted by molar-refractivity contribution is 14.1. The number of benzene rings is 1. The zero-order valence-electron chi connectivity index (χ0n) is 13.3. The predicted octanol–water partition coefficient (Wildman–Crippen LogP) is 4.79.